The predicted octanol–water partition coefficient (Wildman–Crippen LogP) is 1.82. The van der Waals surface area contributed by atoms with Gasteiger partial charge in [-0.1, -0.05) is 12.1 Å². The van der Waals surface area contributed by atoms with Gasteiger partial charge < -0.3 is 25.2 Å². The second-order valence-corrected chi connectivity index (χ2v) is 7.73. The van der Waals surface area contributed by atoms with Crippen molar-refractivity contribution in [2.24, 2.45) is 4.99 Å². The van der Waals surface area contributed by atoms with Crippen molar-refractivity contribution in [2.45, 2.75) is 24.8 Å². The number of guanidine groups is 1. The van der Waals surface area contributed by atoms with Gasteiger partial charge >= 0.3 is 0 Å². The molecule has 2 N–H and O–H groups in total. The number of nitrogens with zero attached hydrogens (tertiary/aromatic N) is 3. The van der Waals surface area contributed by atoms with Crippen LogP contribution < -0.4 is 10.6 Å². The molecule has 0 saturated carbocycles. The first-order valence-electron chi connectivity index (χ1n) is 9.88. The van der Waals surface area contributed by atoms with Gasteiger partial charge in [-0.2, -0.15) is 0 Å². The van der Waals surface area contributed by atoms with E-state index in [1.807, 2.05) is 24.3 Å². The van der Waals surface area contributed by atoms with Gasteiger partial charge in [0.25, 0.3) is 5.91 Å². The monoisotopic (exact) mass is 517 g/mol. The fraction of sp³-hybridized carbons (Fsp3) is 0.619. The third-order valence-electron chi connectivity index (χ3n) is 5.47. The molecule has 0 radical (unpaired) electrons. The molecule has 0 aromatic heterocycles. The van der Waals surface area contributed by atoms with Crippen LogP contribution in [-0.2, 0) is 11.2 Å². The molecule has 1 amide bonds. The topological polar surface area (TPSA) is 69.2 Å². The van der Waals surface area contributed by atoms with Gasteiger partial charge in [-0.25, -0.2) is 0 Å². The van der Waals surface area contributed by atoms with Crippen LogP contribution in [0.2, 0.25) is 0 Å². The van der Waals surface area contributed by atoms with Crippen LogP contribution in [0.15, 0.2) is 29.3 Å². The number of carbonyl (C=O) groups excluding carboxylic acids is 1. The van der Waals surface area contributed by atoms with E-state index in [2.05, 4.69) is 34.6 Å². The van der Waals surface area contributed by atoms with Crippen LogP contribution in [0.3, 0.4) is 0 Å². The minimum absolute atomic E-state index is 0. The van der Waals surface area contributed by atoms with Crippen molar-refractivity contribution < 1.29 is 9.53 Å². The van der Waals surface area contributed by atoms with E-state index in [1.54, 1.807) is 26.0 Å². The number of hydrogen-bond donors (Lipinski definition) is 2. The number of halogens is 1. The predicted molar refractivity (Wildman–Crippen MR) is 129 cm³/mol. The third kappa shape index (κ3) is 7.42. The Labute approximate surface area is 192 Å². The lowest BCUT2D eigenvalue weighted by molar-refractivity contribution is -0.00501. The molecule has 1 aromatic rings. The van der Waals surface area contributed by atoms with Crippen LogP contribution in [0.1, 0.15) is 28.8 Å². The molecule has 1 aliphatic heterocycles. The maximum Gasteiger partial charge on any atom is 0.253 e. The zero-order chi connectivity index (χ0) is 20.6. The number of nitrogens with one attached hydrogen (secondary N) is 2. The van der Waals surface area contributed by atoms with Gasteiger partial charge in [0.05, 0.1) is 0 Å². The van der Waals surface area contributed by atoms with Gasteiger partial charge in [-0.05, 0) is 51.1 Å². The van der Waals surface area contributed by atoms with Crippen molar-refractivity contribution in [1.82, 2.24) is 20.4 Å². The average Bonchev–Trinajstić information content (AvgIpc) is 2.70. The van der Waals surface area contributed by atoms with Gasteiger partial charge in [0.1, 0.15) is 0 Å². The first kappa shape index (κ1) is 25.6. The van der Waals surface area contributed by atoms with E-state index in [4.69, 9.17) is 4.74 Å². The maximum atomic E-state index is 12.1. The number of hydrogen-bond acceptors (Lipinski definition) is 4. The summed E-state index contributed by atoms with van der Waals surface area (Å²) in [5, 5.41) is 6.85. The van der Waals surface area contributed by atoms with Crippen molar-refractivity contribution in [3.63, 3.8) is 0 Å². The van der Waals surface area contributed by atoms with E-state index < -0.39 is 0 Å². The number of benzene rings is 1. The molecular weight excluding hydrogens is 481 g/mol. The van der Waals surface area contributed by atoms with E-state index in [0.29, 0.717) is 0 Å². The molecule has 0 spiro atoms. The summed E-state index contributed by atoms with van der Waals surface area (Å²) in [5.74, 6) is 0.825. The highest BCUT2D eigenvalue weighted by atomic mass is 127. The summed E-state index contributed by atoms with van der Waals surface area (Å²) in [6, 6.07) is 7.80. The second-order valence-electron chi connectivity index (χ2n) is 7.73. The Morgan fingerprint density at radius 2 is 1.86 bits per heavy atom. The van der Waals surface area contributed by atoms with E-state index in [1.165, 1.54) is 0 Å². The number of rotatable bonds is 7. The molecular formula is C21H36IN5O2. The fourth-order valence-electron chi connectivity index (χ4n) is 3.45. The highest BCUT2D eigenvalue weighted by Crippen LogP contribution is 2.24. The SMILES string of the molecule is CN=C(NCCc1cccc(C(=O)N(C)C)c1)NCC1(N(C)C)CCOCC1.I. The molecule has 1 aliphatic rings. The number of carbonyl (C=O) groups is 1. The lowest BCUT2D eigenvalue weighted by atomic mass is 9.88. The zero-order valence-corrected chi connectivity index (χ0v) is 20.7. The standard InChI is InChI=1S/C21H35N5O2.HI/c1-22-20(24-16-21(26(4)5)10-13-28-14-11-21)23-12-9-17-7-6-8-18(15-17)19(27)25(2)3;/h6-8,15H,9-14,16H2,1-5H3,(H2,22,23,24);1H. The molecule has 7 nitrogen and oxygen atoms in total. The van der Waals surface area contributed by atoms with E-state index in [9.17, 15) is 4.79 Å². The first-order valence-corrected chi connectivity index (χ1v) is 9.88. The van der Waals surface area contributed by atoms with Crippen LogP contribution in [0.25, 0.3) is 0 Å². The Balaban J connectivity index is 0.00000420. The molecule has 1 fully saturated rings. The molecule has 0 aliphatic carbocycles. The van der Waals surface area contributed by atoms with Gasteiger partial charge in [-0.3, -0.25) is 9.79 Å². The van der Waals surface area contributed by atoms with Crippen molar-refractivity contribution in [3.8, 4) is 0 Å². The summed E-state index contributed by atoms with van der Waals surface area (Å²) in [7, 11) is 9.59. The quantitative estimate of drug-likeness (QED) is 0.328. The number of aliphatic imine (C=N–C) groups is 1. The summed E-state index contributed by atoms with van der Waals surface area (Å²) >= 11 is 0. The molecule has 0 atom stereocenters. The van der Waals surface area contributed by atoms with Crippen LogP contribution >= 0.6 is 24.0 Å². The molecule has 29 heavy (non-hydrogen) atoms. The van der Waals surface area contributed by atoms with Gasteiger partial charge in [0.15, 0.2) is 5.96 Å². The second kappa shape index (κ2) is 12.3. The largest absolute Gasteiger partial charge is 0.381 e. The molecule has 1 aromatic carbocycles. The van der Waals surface area contributed by atoms with Gasteiger partial charge in [0.2, 0.25) is 0 Å². The molecule has 8 heteroatoms. The smallest absolute Gasteiger partial charge is 0.253 e. The normalized spacial score (nSPS) is 16.1. The average molecular weight is 517 g/mol. The van der Waals surface area contributed by atoms with Crippen molar-refractivity contribution in [1.29, 1.82) is 0 Å². The van der Waals surface area contributed by atoms with Crippen molar-refractivity contribution in [3.05, 3.63) is 35.4 Å². The summed E-state index contributed by atoms with van der Waals surface area (Å²) in [4.78, 5) is 20.4. The van der Waals surface area contributed by atoms with Crippen LogP contribution in [0.5, 0.6) is 0 Å². The minimum atomic E-state index is 0. The molecule has 0 unspecified atom stereocenters. The van der Waals surface area contributed by atoms with Crippen LogP contribution in [0.4, 0.5) is 0 Å². The number of amides is 1. The molecule has 0 bridgehead atoms. The Hall–Kier alpha value is -1.39. The first-order chi connectivity index (χ1) is 13.4. The number of likely N-dealkylation sites (N-methyl/N-ethyl adjacent to an activating group) is 1. The highest BCUT2D eigenvalue weighted by molar-refractivity contribution is 14.0. The van der Waals surface area contributed by atoms with Crippen LogP contribution in [0, 0.1) is 0 Å². The lowest BCUT2D eigenvalue weighted by Crippen LogP contribution is -2.57. The fourth-order valence-corrected chi connectivity index (χ4v) is 3.45. The third-order valence-corrected chi connectivity index (χ3v) is 5.47. The van der Waals surface area contributed by atoms with E-state index in [0.717, 1.165) is 62.7 Å². The minimum Gasteiger partial charge on any atom is -0.381 e. The lowest BCUT2D eigenvalue weighted by Gasteiger charge is -2.43. The van der Waals surface area contributed by atoms with E-state index in [-0.39, 0.29) is 35.4 Å². The van der Waals surface area contributed by atoms with E-state index >= 15 is 0 Å². The Morgan fingerprint density at radius 1 is 1.17 bits per heavy atom. The summed E-state index contributed by atoms with van der Waals surface area (Å²) in [5.41, 5.74) is 1.94. The van der Waals surface area contributed by atoms with Gasteiger partial charge in [-0.15, -0.1) is 24.0 Å². The van der Waals surface area contributed by atoms with Crippen molar-refractivity contribution in [2.75, 3.05) is 61.5 Å². The Bertz CT molecular complexity index is 673. The summed E-state index contributed by atoms with van der Waals surface area (Å²) in [6.07, 6.45) is 2.84. The van der Waals surface area contributed by atoms with Gasteiger partial charge in [0, 0.05) is 58.5 Å². The number of ether oxygens (including phenoxy) is 1. The van der Waals surface area contributed by atoms with Crippen LogP contribution in [-0.4, -0.2) is 88.7 Å². The molecule has 164 valence electrons. The Kier molecular flexibility index (Phi) is 10.9. The molecule has 1 heterocycles. The zero-order valence-electron chi connectivity index (χ0n) is 18.3. The maximum absolute atomic E-state index is 12.1. The highest BCUT2D eigenvalue weighted by Gasteiger charge is 2.34. The molecule has 1 saturated heterocycles. The Morgan fingerprint density at radius 3 is 2.45 bits per heavy atom. The van der Waals surface area contributed by atoms with Crippen molar-refractivity contribution >= 4 is 35.8 Å². The summed E-state index contributed by atoms with van der Waals surface area (Å²) in [6.45, 7) is 3.18. The summed E-state index contributed by atoms with van der Waals surface area (Å²) < 4.78 is 5.54. The molecule has 2 rings (SSSR count).